The molecule has 0 atom stereocenters. The number of hydrogen-bond acceptors (Lipinski definition) is 4. The minimum atomic E-state index is 0.449. The zero-order chi connectivity index (χ0) is 8.10. The molecule has 58 valence electrons. The van der Waals surface area contributed by atoms with Crippen LogP contribution in [0.4, 0.5) is 0 Å². The molecular formula is C6H9N5. The number of aromatic nitrogens is 3. The van der Waals surface area contributed by atoms with Crippen LogP contribution in [0.1, 0.15) is 12.7 Å². The van der Waals surface area contributed by atoms with Crippen molar-refractivity contribution in [1.82, 2.24) is 20.1 Å². The van der Waals surface area contributed by atoms with Crippen molar-refractivity contribution in [2.45, 2.75) is 20.0 Å². The van der Waals surface area contributed by atoms with Gasteiger partial charge in [0.2, 0.25) is 0 Å². The van der Waals surface area contributed by atoms with Crippen LogP contribution in [-0.2, 0) is 13.1 Å². The van der Waals surface area contributed by atoms with Gasteiger partial charge in [-0.3, -0.25) is 0 Å². The van der Waals surface area contributed by atoms with Gasteiger partial charge in [-0.15, -0.1) is 10.2 Å². The summed E-state index contributed by atoms with van der Waals surface area (Å²) in [4.78, 5) is 0. The van der Waals surface area contributed by atoms with Crippen LogP contribution >= 0.6 is 0 Å². The molecule has 0 amide bonds. The maximum atomic E-state index is 8.21. The summed E-state index contributed by atoms with van der Waals surface area (Å²) in [6, 6.07) is 0. The van der Waals surface area contributed by atoms with Gasteiger partial charge in [0.05, 0.1) is 6.54 Å². The monoisotopic (exact) mass is 151 g/mol. The van der Waals surface area contributed by atoms with Crippen LogP contribution in [0.3, 0.4) is 0 Å². The Morgan fingerprint density at radius 3 is 3.27 bits per heavy atom. The number of nitrogens with one attached hydrogen (secondary N) is 1. The molecule has 0 aromatic carbocycles. The lowest BCUT2D eigenvalue weighted by molar-refractivity contribution is 0.673. The number of hydrogen-bond donors (Lipinski definition) is 1. The molecule has 0 spiro atoms. The first-order valence-corrected chi connectivity index (χ1v) is 3.37. The molecule has 5 heteroatoms. The predicted octanol–water partition coefficient (Wildman–Crippen LogP) is -0.131. The fourth-order valence-corrected chi connectivity index (χ4v) is 0.799. The first-order valence-electron chi connectivity index (χ1n) is 3.37. The lowest BCUT2D eigenvalue weighted by Gasteiger charge is -1.99. The predicted molar refractivity (Wildman–Crippen MR) is 38.1 cm³/mol. The number of nitrogens with zero attached hydrogens (tertiary/aromatic N) is 4. The molecule has 0 aliphatic carbocycles. The van der Waals surface area contributed by atoms with Crippen LogP contribution in [0.5, 0.6) is 0 Å². The Hall–Kier alpha value is -1.57. The molecule has 1 rings (SSSR count). The Morgan fingerprint density at radius 2 is 2.64 bits per heavy atom. The first kappa shape index (κ1) is 7.54. The fraction of sp³-hybridized carbons (Fsp3) is 0.500. The molecule has 0 radical (unpaired) electrons. The zero-order valence-corrected chi connectivity index (χ0v) is 6.28. The van der Waals surface area contributed by atoms with Crippen molar-refractivity contribution >= 4 is 0 Å². The van der Waals surface area contributed by atoms with Crippen LogP contribution in [0.2, 0.25) is 0 Å². The molecular weight excluding hydrogens is 142 g/mol. The van der Waals surface area contributed by atoms with Gasteiger partial charge in [0, 0.05) is 6.54 Å². The van der Waals surface area contributed by atoms with E-state index in [1.165, 1.54) is 0 Å². The maximum Gasteiger partial charge on any atom is 0.176 e. The van der Waals surface area contributed by atoms with E-state index in [1.54, 1.807) is 6.33 Å². The minimum absolute atomic E-state index is 0.449. The highest BCUT2D eigenvalue weighted by molar-refractivity contribution is 4.86. The summed E-state index contributed by atoms with van der Waals surface area (Å²) in [5.74, 6) is 0.786. The molecule has 0 fully saturated rings. The minimum Gasteiger partial charge on any atom is -0.316 e. The van der Waals surface area contributed by atoms with Gasteiger partial charge in [-0.05, 0) is 6.92 Å². The summed E-state index contributed by atoms with van der Waals surface area (Å²) in [5.41, 5.74) is 0. The third-order valence-electron chi connectivity index (χ3n) is 1.36. The molecule has 0 aliphatic rings. The SMILES string of the molecule is CCn1cnnc1CNC#N. The van der Waals surface area contributed by atoms with Crippen LogP contribution in [0.25, 0.3) is 0 Å². The van der Waals surface area contributed by atoms with Gasteiger partial charge in [-0.25, -0.2) is 0 Å². The molecule has 1 N–H and O–H groups in total. The Morgan fingerprint density at radius 1 is 1.82 bits per heavy atom. The fourth-order valence-electron chi connectivity index (χ4n) is 0.799. The number of nitriles is 1. The molecule has 0 unspecified atom stereocenters. The van der Waals surface area contributed by atoms with Crippen molar-refractivity contribution in [3.63, 3.8) is 0 Å². The summed E-state index contributed by atoms with van der Waals surface area (Å²) in [6.45, 7) is 3.28. The molecule has 1 aromatic rings. The Kier molecular flexibility index (Phi) is 2.44. The Bertz CT molecular complexity index is 258. The van der Waals surface area contributed by atoms with Gasteiger partial charge in [-0.2, -0.15) is 5.26 Å². The van der Waals surface area contributed by atoms with Crippen molar-refractivity contribution in [3.05, 3.63) is 12.2 Å². The highest BCUT2D eigenvalue weighted by Gasteiger charge is 1.99. The second-order valence-electron chi connectivity index (χ2n) is 2.00. The topological polar surface area (TPSA) is 66.5 Å². The second kappa shape index (κ2) is 3.56. The van der Waals surface area contributed by atoms with E-state index in [1.807, 2.05) is 17.7 Å². The van der Waals surface area contributed by atoms with Crippen LogP contribution in [-0.4, -0.2) is 14.8 Å². The molecule has 0 saturated heterocycles. The van der Waals surface area contributed by atoms with E-state index in [-0.39, 0.29) is 0 Å². The summed E-state index contributed by atoms with van der Waals surface area (Å²) in [5, 5.41) is 18.3. The molecule has 5 nitrogen and oxygen atoms in total. The zero-order valence-electron chi connectivity index (χ0n) is 6.28. The Balaban J connectivity index is 2.62. The number of aryl methyl sites for hydroxylation is 1. The van der Waals surface area contributed by atoms with Crippen LogP contribution in [0.15, 0.2) is 6.33 Å². The maximum absolute atomic E-state index is 8.21. The van der Waals surface area contributed by atoms with Gasteiger partial charge < -0.3 is 9.88 Å². The van der Waals surface area contributed by atoms with E-state index in [0.717, 1.165) is 12.4 Å². The molecule has 11 heavy (non-hydrogen) atoms. The lowest BCUT2D eigenvalue weighted by atomic mass is 10.5. The third kappa shape index (κ3) is 1.67. The third-order valence-corrected chi connectivity index (χ3v) is 1.36. The van der Waals surface area contributed by atoms with Crippen LogP contribution < -0.4 is 5.32 Å². The van der Waals surface area contributed by atoms with Crippen molar-refractivity contribution in [2.75, 3.05) is 0 Å². The summed E-state index contributed by atoms with van der Waals surface area (Å²) < 4.78 is 1.88. The van der Waals surface area contributed by atoms with Crippen molar-refractivity contribution in [3.8, 4) is 6.19 Å². The van der Waals surface area contributed by atoms with Crippen LogP contribution in [0, 0.1) is 11.5 Å². The van der Waals surface area contributed by atoms with Gasteiger partial charge in [0.1, 0.15) is 6.33 Å². The van der Waals surface area contributed by atoms with E-state index in [9.17, 15) is 0 Å². The molecule has 1 heterocycles. The van der Waals surface area contributed by atoms with Crippen molar-refractivity contribution in [2.24, 2.45) is 0 Å². The number of rotatable bonds is 3. The van der Waals surface area contributed by atoms with Gasteiger partial charge in [0.15, 0.2) is 12.0 Å². The van der Waals surface area contributed by atoms with Gasteiger partial charge >= 0.3 is 0 Å². The average molecular weight is 151 g/mol. The van der Waals surface area contributed by atoms with Gasteiger partial charge in [-0.1, -0.05) is 0 Å². The quantitative estimate of drug-likeness (QED) is 0.482. The van der Waals surface area contributed by atoms with Crippen molar-refractivity contribution in [1.29, 1.82) is 5.26 Å². The molecule has 0 bridgehead atoms. The summed E-state index contributed by atoms with van der Waals surface area (Å²) in [6.07, 6.45) is 3.47. The van der Waals surface area contributed by atoms with Gasteiger partial charge in [0.25, 0.3) is 0 Å². The Labute approximate surface area is 64.7 Å². The largest absolute Gasteiger partial charge is 0.316 e. The summed E-state index contributed by atoms with van der Waals surface area (Å²) >= 11 is 0. The molecule has 0 aliphatic heterocycles. The standard InChI is InChI=1S/C6H9N5/c1-2-11-5-9-10-6(11)3-8-4-7/h5,8H,2-3H2,1H3. The smallest absolute Gasteiger partial charge is 0.176 e. The average Bonchev–Trinajstić information content (AvgIpc) is 2.47. The highest BCUT2D eigenvalue weighted by Crippen LogP contribution is 1.92. The van der Waals surface area contributed by atoms with Crippen molar-refractivity contribution < 1.29 is 0 Å². The molecule has 1 aromatic heterocycles. The highest BCUT2D eigenvalue weighted by atomic mass is 15.3. The normalized spacial score (nSPS) is 9.09. The van der Waals surface area contributed by atoms with E-state index < -0.39 is 0 Å². The van der Waals surface area contributed by atoms with E-state index in [4.69, 9.17) is 5.26 Å². The van der Waals surface area contributed by atoms with E-state index in [0.29, 0.717) is 6.54 Å². The molecule has 0 saturated carbocycles. The first-order chi connectivity index (χ1) is 5.38. The summed E-state index contributed by atoms with van der Waals surface area (Å²) in [7, 11) is 0. The van der Waals surface area contributed by atoms with E-state index in [2.05, 4.69) is 15.5 Å². The van der Waals surface area contributed by atoms with E-state index >= 15 is 0 Å². The lowest BCUT2D eigenvalue weighted by Crippen LogP contribution is -2.10. The second-order valence-corrected chi connectivity index (χ2v) is 2.00.